The maximum absolute atomic E-state index is 10.1. The summed E-state index contributed by atoms with van der Waals surface area (Å²) in [5.74, 6) is 2.68. The van der Waals surface area contributed by atoms with Crippen molar-refractivity contribution >= 4 is 11.6 Å². The van der Waals surface area contributed by atoms with Gasteiger partial charge in [0.2, 0.25) is 0 Å². The number of phenolic OH excluding ortho intramolecular Hbond substituents is 1. The smallest absolute Gasteiger partial charge is 0.194 e. The van der Waals surface area contributed by atoms with Crippen LogP contribution in [0, 0.1) is 0 Å². The zero-order valence-electron chi connectivity index (χ0n) is 17.4. The lowest BCUT2D eigenvalue weighted by Gasteiger charge is -2.37. The third-order valence-electron chi connectivity index (χ3n) is 4.99. The van der Waals surface area contributed by atoms with Gasteiger partial charge in [-0.05, 0) is 36.8 Å². The number of hydrogen-bond donors (Lipinski definition) is 2. The predicted octanol–water partition coefficient (Wildman–Crippen LogP) is 2.70. The highest BCUT2D eigenvalue weighted by Gasteiger charge is 2.21. The summed E-state index contributed by atoms with van der Waals surface area (Å²) >= 11 is 0. The SMILES string of the molecule is CCOc1ccc(CNC(=NC)N2CCN(c3ccccc3O)CC2)cc1OC. The summed E-state index contributed by atoms with van der Waals surface area (Å²) in [6.07, 6.45) is 0. The number of hydrogen-bond acceptors (Lipinski definition) is 5. The van der Waals surface area contributed by atoms with E-state index in [0.717, 1.165) is 54.9 Å². The number of benzene rings is 2. The van der Waals surface area contributed by atoms with Gasteiger partial charge >= 0.3 is 0 Å². The lowest BCUT2D eigenvalue weighted by molar-refractivity contribution is 0.310. The number of para-hydroxylation sites is 2. The molecule has 156 valence electrons. The molecule has 2 N–H and O–H groups in total. The van der Waals surface area contributed by atoms with Gasteiger partial charge < -0.3 is 29.7 Å². The molecule has 1 fully saturated rings. The number of nitrogens with one attached hydrogen (secondary N) is 1. The highest BCUT2D eigenvalue weighted by molar-refractivity contribution is 5.80. The number of guanidine groups is 1. The van der Waals surface area contributed by atoms with Crippen molar-refractivity contribution in [2.45, 2.75) is 13.5 Å². The maximum atomic E-state index is 10.1. The van der Waals surface area contributed by atoms with Gasteiger partial charge in [-0.25, -0.2) is 0 Å². The monoisotopic (exact) mass is 398 g/mol. The third kappa shape index (κ3) is 5.04. The summed E-state index contributed by atoms with van der Waals surface area (Å²) in [5.41, 5.74) is 1.98. The van der Waals surface area contributed by atoms with Crippen LogP contribution in [0.2, 0.25) is 0 Å². The fourth-order valence-corrected chi connectivity index (χ4v) is 3.50. The van der Waals surface area contributed by atoms with Crippen LogP contribution in [-0.2, 0) is 6.54 Å². The van der Waals surface area contributed by atoms with Gasteiger partial charge in [0.05, 0.1) is 19.4 Å². The third-order valence-corrected chi connectivity index (χ3v) is 4.99. The number of aromatic hydroxyl groups is 1. The largest absolute Gasteiger partial charge is 0.506 e. The number of rotatable bonds is 6. The van der Waals surface area contributed by atoms with Gasteiger partial charge in [-0.15, -0.1) is 0 Å². The Kier molecular flexibility index (Phi) is 7.05. The summed E-state index contributed by atoms with van der Waals surface area (Å²) in [6.45, 7) is 6.53. The molecule has 1 saturated heterocycles. The molecule has 1 heterocycles. The topological polar surface area (TPSA) is 69.6 Å². The van der Waals surface area contributed by atoms with E-state index in [1.165, 1.54) is 0 Å². The Bertz CT molecular complexity index is 833. The molecule has 0 bridgehead atoms. The van der Waals surface area contributed by atoms with E-state index in [1.54, 1.807) is 20.2 Å². The van der Waals surface area contributed by atoms with E-state index < -0.39 is 0 Å². The second-order valence-corrected chi connectivity index (χ2v) is 6.78. The first-order valence-corrected chi connectivity index (χ1v) is 9.94. The molecule has 2 aromatic rings. The van der Waals surface area contributed by atoms with Crippen LogP contribution in [0.25, 0.3) is 0 Å². The summed E-state index contributed by atoms with van der Waals surface area (Å²) < 4.78 is 11.0. The molecule has 0 amide bonds. The van der Waals surface area contributed by atoms with Gasteiger partial charge in [0.15, 0.2) is 17.5 Å². The lowest BCUT2D eigenvalue weighted by atomic mass is 10.2. The minimum atomic E-state index is 0.327. The Labute approximate surface area is 172 Å². The number of anilines is 1. The minimum absolute atomic E-state index is 0.327. The number of ether oxygens (including phenoxy) is 2. The maximum Gasteiger partial charge on any atom is 0.194 e. The number of phenols is 1. The molecule has 1 aliphatic heterocycles. The van der Waals surface area contributed by atoms with E-state index in [4.69, 9.17) is 9.47 Å². The molecular formula is C22H30N4O3. The molecule has 0 unspecified atom stereocenters. The van der Waals surface area contributed by atoms with Crippen molar-refractivity contribution in [1.82, 2.24) is 10.2 Å². The van der Waals surface area contributed by atoms with E-state index in [1.807, 2.05) is 43.3 Å². The Hall–Kier alpha value is -3.09. The highest BCUT2D eigenvalue weighted by Crippen LogP contribution is 2.28. The predicted molar refractivity (Wildman–Crippen MR) is 116 cm³/mol. The Morgan fingerprint density at radius 2 is 1.86 bits per heavy atom. The van der Waals surface area contributed by atoms with Gasteiger partial charge in [0.1, 0.15) is 5.75 Å². The Morgan fingerprint density at radius 1 is 1.10 bits per heavy atom. The summed E-state index contributed by atoms with van der Waals surface area (Å²) in [5, 5.41) is 13.5. The van der Waals surface area contributed by atoms with Gasteiger partial charge in [-0.2, -0.15) is 0 Å². The van der Waals surface area contributed by atoms with Gasteiger partial charge in [-0.3, -0.25) is 4.99 Å². The first kappa shape index (κ1) is 20.6. The molecule has 0 aromatic heterocycles. The molecule has 7 heteroatoms. The molecule has 29 heavy (non-hydrogen) atoms. The second-order valence-electron chi connectivity index (χ2n) is 6.78. The van der Waals surface area contributed by atoms with Crippen molar-refractivity contribution in [2.24, 2.45) is 4.99 Å². The van der Waals surface area contributed by atoms with Crippen molar-refractivity contribution in [3.05, 3.63) is 48.0 Å². The first-order valence-electron chi connectivity index (χ1n) is 9.94. The molecule has 0 radical (unpaired) electrons. The first-order chi connectivity index (χ1) is 14.2. The van der Waals surface area contributed by atoms with Crippen LogP contribution in [0.5, 0.6) is 17.2 Å². The van der Waals surface area contributed by atoms with Crippen LogP contribution in [0.4, 0.5) is 5.69 Å². The van der Waals surface area contributed by atoms with Crippen LogP contribution in [0.15, 0.2) is 47.5 Å². The highest BCUT2D eigenvalue weighted by atomic mass is 16.5. The van der Waals surface area contributed by atoms with Crippen LogP contribution in [0.3, 0.4) is 0 Å². The van der Waals surface area contributed by atoms with Crippen molar-refractivity contribution < 1.29 is 14.6 Å². The van der Waals surface area contributed by atoms with Crippen molar-refractivity contribution in [3.8, 4) is 17.2 Å². The molecule has 0 aliphatic carbocycles. The molecule has 2 aromatic carbocycles. The van der Waals surface area contributed by atoms with Crippen LogP contribution < -0.4 is 19.7 Å². The normalized spacial score (nSPS) is 14.7. The fraction of sp³-hybridized carbons (Fsp3) is 0.409. The summed E-state index contributed by atoms with van der Waals surface area (Å²) in [4.78, 5) is 8.88. The van der Waals surface area contributed by atoms with Gasteiger partial charge in [0, 0.05) is 39.8 Å². The van der Waals surface area contributed by atoms with Gasteiger partial charge in [-0.1, -0.05) is 18.2 Å². The molecule has 1 aliphatic rings. The van der Waals surface area contributed by atoms with E-state index in [2.05, 4.69) is 20.1 Å². The van der Waals surface area contributed by atoms with Crippen molar-refractivity contribution in [2.75, 3.05) is 51.8 Å². The molecule has 0 saturated carbocycles. The van der Waals surface area contributed by atoms with E-state index in [0.29, 0.717) is 18.9 Å². The Morgan fingerprint density at radius 3 is 2.52 bits per heavy atom. The number of nitrogens with zero attached hydrogens (tertiary/aromatic N) is 3. The van der Waals surface area contributed by atoms with Crippen molar-refractivity contribution in [3.63, 3.8) is 0 Å². The van der Waals surface area contributed by atoms with E-state index in [-0.39, 0.29) is 0 Å². The van der Waals surface area contributed by atoms with Crippen LogP contribution in [-0.4, -0.2) is 62.9 Å². The average molecular weight is 399 g/mol. The molecule has 0 spiro atoms. The van der Waals surface area contributed by atoms with Crippen LogP contribution >= 0.6 is 0 Å². The lowest BCUT2D eigenvalue weighted by Crippen LogP contribution is -2.52. The molecular weight excluding hydrogens is 368 g/mol. The average Bonchev–Trinajstić information content (AvgIpc) is 2.76. The Balaban J connectivity index is 1.57. The van der Waals surface area contributed by atoms with E-state index >= 15 is 0 Å². The fourth-order valence-electron chi connectivity index (χ4n) is 3.50. The number of aliphatic imine (C=N–C) groups is 1. The second kappa shape index (κ2) is 9.91. The quantitative estimate of drug-likeness (QED) is 0.576. The summed E-state index contributed by atoms with van der Waals surface area (Å²) in [7, 11) is 3.45. The number of piperazine rings is 1. The summed E-state index contributed by atoms with van der Waals surface area (Å²) in [6, 6.07) is 13.4. The van der Waals surface area contributed by atoms with Gasteiger partial charge in [0.25, 0.3) is 0 Å². The number of methoxy groups -OCH3 is 1. The molecule has 0 atom stereocenters. The molecule has 3 rings (SSSR count). The standard InChI is InChI=1S/C22H30N4O3/c1-4-29-20-10-9-17(15-21(20)28-3)16-24-22(23-2)26-13-11-25(12-14-26)18-7-5-6-8-19(18)27/h5-10,15,27H,4,11-14,16H2,1-3H3,(H,23,24). The van der Waals surface area contributed by atoms with Crippen LogP contribution in [0.1, 0.15) is 12.5 Å². The van der Waals surface area contributed by atoms with Crippen molar-refractivity contribution in [1.29, 1.82) is 0 Å². The minimum Gasteiger partial charge on any atom is -0.506 e. The van der Waals surface area contributed by atoms with E-state index in [9.17, 15) is 5.11 Å². The zero-order valence-corrected chi connectivity index (χ0v) is 17.4. The zero-order chi connectivity index (χ0) is 20.6. The molecule has 7 nitrogen and oxygen atoms in total.